The fraction of sp³-hybridized carbons (Fsp3) is 0.500. The molecule has 2 aromatic rings. The molecular formula is C20H29ClN2O4. The first-order valence-electron chi connectivity index (χ1n) is 8.68. The first-order chi connectivity index (χ1) is 11.9. The van der Waals surface area contributed by atoms with Gasteiger partial charge in [0.2, 0.25) is 0 Å². The molecule has 7 heteroatoms. The lowest BCUT2D eigenvalue weighted by molar-refractivity contribution is -0.156. The smallest absolute Gasteiger partial charge is 0.419 e. The van der Waals surface area contributed by atoms with Crippen LogP contribution in [-0.4, -0.2) is 33.9 Å². The van der Waals surface area contributed by atoms with Crippen molar-refractivity contribution >= 4 is 35.4 Å². The van der Waals surface area contributed by atoms with Crippen LogP contribution in [0.2, 0.25) is 0 Å². The van der Waals surface area contributed by atoms with E-state index in [0.717, 1.165) is 10.9 Å². The average molecular weight is 397 g/mol. The minimum Gasteiger partial charge on any atom is -0.459 e. The highest BCUT2D eigenvalue weighted by molar-refractivity contribution is 5.92. The van der Waals surface area contributed by atoms with Gasteiger partial charge in [-0.3, -0.25) is 9.36 Å². The first kappa shape index (κ1) is 23.0. The molecule has 2 N–H and O–H groups in total. The molecule has 0 bridgehead atoms. The van der Waals surface area contributed by atoms with Crippen molar-refractivity contribution in [3.8, 4) is 0 Å². The van der Waals surface area contributed by atoms with Crippen molar-refractivity contribution in [1.29, 1.82) is 0 Å². The maximum absolute atomic E-state index is 12.5. The van der Waals surface area contributed by atoms with Crippen LogP contribution in [0.1, 0.15) is 47.1 Å². The Morgan fingerprint density at radius 2 is 1.59 bits per heavy atom. The number of nitrogens with two attached hydrogens (primary N) is 1. The zero-order chi connectivity index (χ0) is 19.7. The third kappa shape index (κ3) is 6.26. The third-order valence-electron chi connectivity index (χ3n) is 3.53. The fourth-order valence-corrected chi connectivity index (χ4v) is 2.57. The Morgan fingerprint density at radius 3 is 2.15 bits per heavy atom. The van der Waals surface area contributed by atoms with E-state index in [9.17, 15) is 9.59 Å². The molecule has 2 rings (SSSR count). The lowest BCUT2D eigenvalue weighted by Crippen LogP contribution is -2.38. The van der Waals surface area contributed by atoms with Crippen LogP contribution >= 0.6 is 12.4 Å². The molecule has 0 aliphatic carbocycles. The van der Waals surface area contributed by atoms with Crippen LogP contribution in [-0.2, 0) is 20.7 Å². The normalized spacial score (nSPS) is 13.0. The van der Waals surface area contributed by atoms with Crippen molar-refractivity contribution in [3.05, 3.63) is 36.0 Å². The van der Waals surface area contributed by atoms with E-state index in [2.05, 4.69) is 0 Å². The summed E-state index contributed by atoms with van der Waals surface area (Å²) in [5, 5.41) is 0.859. The van der Waals surface area contributed by atoms with Crippen LogP contribution in [0.5, 0.6) is 0 Å². The van der Waals surface area contributed by atoms with Crippen molar-refractivity contribution in [1.82, 2.24) is 4.57 Å². The Labute approximate surface area is 166 Å². The van der Waals surface area contributed by atoms with Crippen LogP contribution in [0.15, 0.2) is 30.5 Å². The Balaban J connectivity index is 0.00000364. The fourth-order valence-electron chi connectivity index (χ4n) is 2.57. The van der Waals surface area contributed by atoms with Crippen molar-refractivity contribution in [2.45, 2.75) is 65.2 Å². The number of carbonyl (C=O) groups is 2. The van der Waals surface area contributed by atoms with Gasteiger partial charge in [0.15, 0.2) is 0 Å². The number of para-hydroxylation sites is 1. The van der Waals surface area contributed by atoms with E-state index in [0.29, 0.717) is 5.52 Å². The lowest BCUT2D eigenvalue weighted by atomic mass is 10.1. The molecule has 0 aliphatic rings. The summed E-state index contributed by atoms with van der Waals surface area (Å²) < 4.78 is 12.3. The van der Waals surface area contributed by atoms with E-state index >= 15 is 0 Å². The predicted molar refractivity (Wildman–Crippen MR) is 108 cm³/mol. The number of ether oxygens (including phenoxy) is 2. The minimum absolute atomic E-state index is 0. The molecule has 6 nitrogen and oxygen atoms in total. The highest BCUT2D eigenvalue weighted by atomic mass is 35.5. The van der Waals surface area contributed by atoms with Gasteiger partial charge in [-0.25, -0.2) is 4.79 Å². The van der Waals surface area contributed by atoms with Crippen LogP contribution in [0.25, 0.3) is 10.9 Å². The standard InChI is InChI=1S/C20H28N2O4.ClH/c1-19(2,3)25-17(23)15(21)11-13-12-22(18(24)26-20(4,5)6)16-10-8-7-9-14(13)16;/h7-10,12,15H,11,21H2,1-6H3;1H/t15-;/m1./s1. The highest BCUT2D eigenvalue weighted by Gasteiger charge is 2.25. The maximum Gasteiger partial charge on any atom is 0.419 e. The number of halogens is 1. The molecule has 1 aromatic carbocycles. The molecule has 0 unspecified atom stereocenters. The number of benzene rings is 1. The molecule has 27 heavy (non-hydrogen) atoms. The zero-order valence-electron chi connectivity index (χ0n) is 16.7. The number of hydrogen-bond donors (Lipinski definition) is 1. The monoisotopic (exact) mass is 396 g/mol. The summed E-state index contributed by atoms with van der Waals surface area (Å²) in [5.41, 5.74) is 6.35. The Hall–Kier alpha value is -2.05. The van der Waals surface area contributed by atoms with Crippen LogP contribution in [0, 0.1) is 0 Å². The second-order valence-corrected chi connectivity index (χ2v) is 8.37. The van der Waals surface area contributed by atoms with Crippen molar-refractivity contribution < 1.29 is 19.1 Å². The number of carbonyl (C=O) groups excluding carboxylic acids is 2. The molecule has 0 fully saturated rings. The van der Waals surface area contributed by atoms with Gasteiger partial charge in [0.1, 0.15) is 17.2 Å². The number of rotatable bonds is 3. The van der Waals surface area contributed by atoms with Gasteiger partial charge >= 0.3 is 12.1 Å². The van der Waals surface area contributed by atoms with E-state index in [1.165, 1.54) is 4.57 Å². The van der Waals surface area contributed by atoms with Crippen molar-refractivity contribution in [2.75, 3.05) is 0 Å². The molecule has 0 aliphatic heterocycles. The Kier molecular flexibility index (Phi) is 7.08. The van der Waals surface area contributed by atoms with E-state index in [1.54, 1.807) is 27.0 Å². The predicted octanol–water partition coefficient (Wildman–Crippen LogP) is 4.06. The van der Waals surface area contributed by atoms with Gasteiger partial charge in [-0.05, 0) is 53.2 Å². The van der Waals surface area contributed by atoms with Crippen LogP contribution in [0.4, 0.5) is 4.79 Å². The summed E-state index contributed by atoms with van der Waals surface area (Å²) in [5.74, 6) is -0.466. The van der Waals surface area contributed by atoms with Crippen LogP contribution in [0.3, 0.4) is 0 Å². The largest absolute Gasteiger partial charge is 0.459 e. The zero-order valence-corrected chi connectivity index (χ0v) is 17.6. The number of fused-ring (bicyclic) bond motifs is 1. The van der Waals surface area contributed by atoms with Gasteiger partial charge in [-0.1, -0.05) is 18.2 Å². The molecule has 0 spiro atoms. The average Bonchev–Trinajstić information content (AvgIpc) is 2.83. The maximum atomic E-state index is 12.5. The van der Waals surface area contributed by atoms with E-state index in [4.69, 9.17) is 15.2 Å². The quantitative estimate of drug-likeness (QED) is 0.791. The summed E-state index contributed by atoms with van der Waals surface area (Å²) in [4.78, 5) is 24.7. The van der Waals surface area contributed by atoms with Gasteiger partial charge in [-0.2, -0.15) is 0 Å². The van der Waals surface area contributed by atoms with Gasteiger partial charge in [0.25, 0.3) is 0 Å². The summed E-state index contributed by atoms with van der Waals surface area (Å²) in [6, 6.07) is 6.65. The molecular weight excluding hydrogens is 368 g/mol. The second-order valence-electron chi connectivity index (χ2n) is 8.37. The van der Waals surface area contributed by atoms with Crippen molar-refractivity contribution in [3.63, 3.8) is 0 Å². The van der Waals surface area contributed by atoms with E-state index < -0.39 is 29.3 Å². The lowest BCUT2D eigenvalue weighted by Gasteiger charge is -2.22. The number of esters is 1. The Bertz CT molecular complexity index is 815. The summed E-state index contributed by atoms with van der Waals surface area (Å²) in [6.45, 7) is 10.8. The summed E-state index contributed by atoms with van der Waals surface area (Å²) in [6.07, 6.45) is 1.49. The molecule has 0 saturated heterocycles. The van der Waals surface area contributed by atoms with Gasteiger partial charge in [0.05, 0.1) is 5.52 Å². The topological polar surface area (TPSA) is 83.5 Å². The van der Waals surface area contributed by atoms with E-state index in [-0.39, 0.29) is 18.8 Å². The van der Waals surface area contributed by atoms with Gasteiger partial charge in [0, 0.05) is 18.0 Å². The van der Waals surface area contributed by atoms with Gasteiger partial charge in [-0.15, -0.1) is 12.4 Å². The SMILES string of the molecule is CC(C)(C)OC(=O)[C@H](N)Cc1cn(C(=O)OC(C)(C)C)c2ccccc12.Cl. The molecule has 150 valence electrons. The molecule has 0 saturated carbocycles. The molecule has 1 atom stereocenters. The summed E-state index contributed by atoms with van der Waals surface area (Å²) >= 11 is 0. The van der Waals surface area contributed by atoms with Crippen LogP contribution < -0.4 is 5.73 Å². The number of hydrogen-bond acceptors (Lipinski definition) is 5. The number of aromatic nitrogens is 1. The Morgan fingerprint density at radius 1 is 1.04 bits per heavy atom. The number of nitrogens with zero attached hydrogens (tertiary/aromatic N) is 1. The first-order valence-corrected chi connectivity index (χ1v) is 8.68. The molecule has 1 aromatic heterocycles. The molecule has 0 amide bonds. The molecule has 1 heterocycles. The van der Waals surface area contributed by atoms with Gasteiger partial charge < -0.3 is 15.2 Å². The minimum atomic E-state index is -0.813. The summed E-state index contributed by atoms with van der Waals surface area (Å²) in [7, 11) is 0. The van der Waals surface area contributed by atoms with E-state index in [1.807, 2.05) is 45.0 Å². The molecule has 0 radical (unpaired) electrons. The second kappa shape index (κ2) is 8.31. The highest BCUT2D eigenvalue weighted by Crippen LogP contribution is 2.24. The third-order valence-corrected chi connectivity index (χ3v) is 3.53. The van der Waals surface area contributed by atoms with Crippen molar-refractivity contribution in [2.24, 2.45) is 5.73 Å².